The van der Waals surface area contributed by atoms with E-state index in [1.807, 2.05) is 13.8 Å². The van der Waals surface area contributed by atoms with Crippen LogP contribution in [-0.4, -0.2) is 16.2 Å². The van der Waals surface area contributed by atoms with Crippen LogP contribution in [0.4, 0.5) is 5.69 Å². The minimum absolute atomic E-state index is 0.152. The molecular formula is C16H13N3O3S. The molecule has 0 aliphatic heterocycles. The molecule has 0 atom stereocenters. The highest BCUT2D eigenvalue weighted by Crippen LogP contribution is 2.33. The molecule has 0 amide bonds. The predicted molar refractivity (Wildman–Crippen MR) is 85.6 cm³/mol. The number of nitriles is 1. The maximum atomic E-state index is 11.2. The lowest BCUT2D eigenvalue weighted by atomic mass is 10.1. The summed E-state index contributed by atoms with van der Waals surface area (Å²) in [5.74, 6) is 0.199. The molecule has 7 heteroatoms. The molecule has 0 saturated heterocycles. The van der Waals surface area contributed by atoms with Crippen molar-refractivity contribution in [2.24, 2.45) is 0 Å². The second kappa shape index (κ2) is 7.03. The molecule has 0 unspecified atom stereocenters. The summed E-state index contributed by atoms with van der Waals surface area (Å²) in [5.41, 5.74) is 1.28. The van der Waals surface area contributed by atoms with Crippen LogP contribution in [0.1, 0.15) is 41.4 Å². The average molecular weight is 327 g/mol. The number of nitro groups is 1. The Morgan fingerprint density at radius 2 is 2.09 bits per heavy atom. The number of nitrogens with zero attached hydrogens (tertiary/aromatic N) is 3. The monoisotopic (exact) mass is 327 g/mol. The third-order valence-electron chi connectivity index (χ3n) is 3.13. The number of carbonyl (C=O) groups excluding carboxylic acids is 1. The van der Waals surface area contributed by atoms with Crippen molar-refractivity contribution < 1.29 is 9.72 Å². The van der Waals surface area contributed by atoms with E-state index in [4.69, 9.17) is 0 Å². The van der Waals surface area contributed by atoms with Gasteiger partial charge in [-0.2, -0.15) is 5.26 Å². The lowest BCUT2D eigenvalue weighted by Crippen LogP contribution is -1.97. The molecule has 2 aromatic rings. The molecular weight excluding hydrogens is 314 g/mol. The van der Waals surface area contributed by atoms with Crippen molar-refractivity contribution in [3.63, 3.8) is 0 Å². The van der Waals surface area contributed by atoms with Crippen molar-refractivity contribution in [2.45, 2.75) is 29.7 Å². The molecule has 1 aromatic carbocycles. The first-order chi connectivity index (χ1) is 11.0. The number of aldehydes is 1. The van der Waals surface area contributed by atoms with Crippen LogP contribution in [0.5, 0.6) is 0 Å². The molecule has 0 radical (unpaired) electrons. The summed E-state index contributed by atoms with van der Waals surface area (Å²) in [7, 11) is 0. The van der Waals surface area contributed by atoms with Gasteiger partial charge in [0, 0.05) is 28.3 Å². The van der Waals surface area contributed by atoms with Crippen molar-refractivity contribution in [1.82, 2.24) is 4.98 Å². The molecule has 0 N–H and O–H groups in total. The standard InChI is InChI=1S/C16H13N3O3S/c1-10(2)14-5-3-11(8-17)16(18-14)23-15-6-4-13(19(21)22)7-12(15)9-20/h3-7,9-10H,1-2H3. The second-order valence-corrected chi connectivity index (χ2v) is 6.09. The number of non-ortho nitro benzene ring substituents is 1. The van der Waals surface area contributed by atoms with Gasteiger partial charge in [-0.05, 0) is 24.1 Å². The van der Waals surface area contributed by atoms with Crippen LogP contribution in [0.2, 0.25) is 0 Å². The maximum absolute atomic E-state index is 11.2. The van der Waals surface area contributed by atoms with Gasteiger partial charge in [0.05, 0.1) is 10.5 Å². The molecule has 0 bridgehead atoms. The number of carbonyl (C=O) groups is 1. The molecule has 116 valence electrons. The molecule has 6 nitrogen and oxygen atoms in total. The smallest absolute Gasteiger partial charge is 0.270 e. The molecule has 23 heavy (non-hydrogen) atoms. The van der Waals surface area contributed by atoms with Gasteiger partial charge < -0.3 is 0 Å². The molecule has 0 fully saturated rings. The predicted octanol–water partition coefficient (Wildman–Crippen LogP) is 3.95. The second-order valence-electron chi connectivity index (χ2n) is 5.05. The number of benzene rings is 1. The van der Waals surface area contributed by atoms with Crippen molar-refractivity contribution in [3.8, 4) is 6.07 Å². The van der Waals surface area contributed by atoms with Crippen molar-refractivity contribution in [1.29, 1.82) is 5.26 Å². The molecule has 0 aliphatic rings. The van der Waals surface area contributed by atoms with E-state index >= 15 is 0 Å². The van der Waals surface area contributed by atoms with Gasteiger partial charge in [-0.3, -0.25) is 14.9 Å². The van der Waals surface area contributed by atoms with Crippen molar-refractivity contribution in [2.75, 3.05) is 0 Å². The summed E-state index contributed by atoms with van der Waals surface area (Å²) in [6.45, 7) is 3.98. The van der Waals surface area contributed by atoms with Gasteiger partial charge in [0.1, 0.15) is 11.1 Å². The molecule has 1 heterocycles. The third-order valence-corrected chi connectivity index (χ3v) is 4.23. The van der Waals surface area contributed by atoms with E-state index in [0.29, 0.717) is 21.8 Å². The zero-order chi connectivity index (χ0) is 17.0. The van der Waals surface area contributed by atoms with Crippen LogP contribution in [0.25, 0.3) is 0 Å². The van der Waals surface area contributed by atoms with Gasteiger partial charge in [0.15, 0.2) is 6.29 Å². The summed E-state index contributed by atoms with van der Waals surface area (Å²) in [5, 5.41) is 20.5. The zero-order valence-corrected chi connectivity index (χ0v) is 13.3. The highest BCUT2D eigenvalue weighted by atomic mass is 32.2. The number of hydrogen-bond donors (Lipinski definition) is 0. The minimum Gasteiger partial charge on any atom is -0.298 e. The Hall–Kier alpha value is -2.72. The Balaban J connectivity index is 2.46. The number of hydrogen-bond acceptors (Lipinski definition) is 6. The number of nitro benzene ring substituents is 1. The van der Waals surface area contributed by atoms with Crippen molar-refractivity contribution in [3.05, 3.63) is 57.3 Å². The molecule has 2 rings (SSSR count). The average Bonchev–Trinajstić information content (AvgIpc) is 2.54. The van der Waals surface area contributed by atoms with Gasteiger partial charge in [-0.25, -0.2) is 4.98 Å². The maximum Gasteiger partial charge on any atom is 0.270 e. The topological polar surface area (TPSA) is 96.9 Å². The number of pyridine rings is 1. The van der Waals surface area contributed by atoms with Gasteiger partial charge >= 0.3 is 0 Å². The van der Waals surface area contributed by atoms with E-state index in [1.165, 1.54) is 18.2 Å². The lowest BCUT2D eigenvalue weighted by Gasteiger charge is -2.09. The first-order valence-corrected chi connectivity index (χ1v) is 7.60. The number of aromatic nitrogens is 1. The normalized spacial score (nSPS) is 10.3. The van der Waals surface area contributed by atoms with Gasteiger partial charge in [0.2, 0.25) is 0 Å². The summed E-state index contributed by atoms with van der Waals surface area (Å²) in [6, 6.07) is 9.60. The highest BCUT2D eigenvalue weighted by Gasteiger charge is 2.15. The Labute approximate surface area is 137 Å². The van der Waals surface area contributed by atoms with Gasteiger partial charge in [0.25, 0.3) is 5.69 Å². The molecule has 1 aromatic heterocycles. The summed E-state index contributed by atoms with van der Waals surface area (Å²) >= 11 is 1.15. The van der Waals surface area contributed by atoms with Gasteiger partial charge in [-0.1, -0.05) is 25.6 Å². The largest absolute Gasteiger partial charge is 0.298 e. The van der Waals surface area contributed by atoms with Crippen LogP contribution in [-0.2, 0) is 0 Å². The Morgan fingerprint density at radius 3 is 2.65 bits per heavy atom. The fourth-order valence-corrected chi connectivity index (χ4v) is 2.82. The highest BCUT2D eigenvalue weighted by molar-refractivity contribution is 7.99. The molecule has 0 spiro atoms. The van der Waals surface area contributed by atoms with Crippen LogP contribution < -0.4 is 0 Å². The van der Waals surface area contributed by atoms with E-state index in [9.17, 15) is 20.2 Å². The summed E-state index contributed by atoms with van der Waals surface area (Å²) < 4.78 is 0. The van der Waals surface area contributed by atoms with Crippen LogP contribution in [0.3, 0.4) is 0 Å². The SMILES string of the molecule is CC(C)c1ccc(C#N)c(Sc2ccc([N+](=O)[O-])cc2C=O)n1. The van der Waals surface area contributed by atoms with E-state index < -0.39 is 4.92 Å². The fourth-order valence-electron chi connectivity index (χ4n) is 1.88. The zero-order valence-electron chi connectivity index (χ0n) is 12.5. The van der Waals surface area contributed by atoms with Gasteiger partial charge in [-0.15, -0.1) is 0 Å². The van der Waals surface area contributed by atoms with E-state index in [-0.39, 0.29) is 17.2 Å². The van der Waals surface area contributed by atoms with Crippen LogP contribution in [0, 0.1) is 21.4 Å². The molecule has 0 aliphatic carbocycles. The summed E-state index contributed by atoms with van der Waals surface area (Å²) in [6.07, 6.45) is 0.563. The van der Waals surface area contributed by atoms with Crippen LogP contribution in [0.15, 0.2) is 40.3 Å². The Morgan fingerprint density at radius 1 is 1.35 bits per heavy atom. The first kappa shape index (κ1) is 16.6. The van der Waals surface area contributed by atoms with E-state index in [1.54, 1.807) is 12.1 Å². The van der Waals surface area contributed by atoms with E-state index in [2.05, 4.69) is 11.1 Å². The first-order valence-electron chi connectivity index (χ1n) is 6.78. The Bertz CT molecular complexity index is 813. The van der Waals surface area contributed by atoms with E-state index in [0.717, 1.165) is 17.5 Å². The lowest BCUT2D eigenvalue weighted by molar-refractivity contribution is -0.384. The van der Waals surface area contributed by atoms with Crippen molar-refractivity contribution >= 4 is 23.7 Å². The fraction of sp³-hybridized carbons (Fsp3) is 0.188. The number of rotatable bonds is 5. The Kier molecular flexibility index (Phi) is 5.09. The third kappa shape index (κ3) is 3.73. The van der Waals surface area contributed by atoms with Crippen LogP contribution >= 0.6 is 11.8 Å². The quantitative estimate of drug-likeness (QED) is 0.468. The minimum atomic E-state index is -0.556. The summed E-state index contributed by atoms with van der Waals surface area (Å²) in [4.78, 5) is 26.4. The molecule has 0 saturated carbocycles.